The summed E-state index contributed by atoms with van der Waals surface area (Å²) in [6.45, 7) is -1.01. The molecule has 0 saturated carbocycles. The number of ether oxygens (including phenoxy) is 1. The fourth-order valence-electron chi connectivity index (χ4n) is 1.60. The topological polar surface area (TPSA) is 78.9 Å². The van der Waals surface area contributed by atoms with E-state index in [1.54, 1.807) is 13.0 Å². The number of aliphatic carboxylic acids is 1. The van der Waals surface area contributed by atoms with Gasteiger partial charge in [-0.25, -0.2) is 4.79 Å². The van der Waals surface area contributed by atoms with Crippen LogP contribution in [0.3, 0.4) is 0 Å². The van der Waals surface area contributed by atoms with Crippen LogP contribution in [-0.2, 0) is 4.79 Å². The molecule has 0 aliphatic rings. The third kappa shape index (κ3) is 5.64. The highest BCUT2D eigenvalue weighted by molar-refractivity contribution is 5.91. The molecule has 0 saturated heterocycles. The number of hydrogen-bond acceptors (Lipinski definition) is 3. The first-order valence-corrected chi connectivity index (χ1v) is 6.25. The van der Waals surface area contributed by atoms with Gasteiger partial charge in [0.25, 0.3) is 0 Å². The third-order valence-corrected chi connectivity index (χ3v) is 2.61. The average Bonchev–Trinajstić information content (AvgIpc) is 2.40. The summed E-state index contributed by atoms with van der Waals surface area (Å²) in [5.74, 6) is -1.18. The molecule has 0 unspecified atom stereocenters. The quantitative estimate of drug-likeness (QED) is 0.811. The van der Waals surface area contributed by atoms with Crippen molar-refractivity contribution in [2.24, 2.45) is 0 Å². The fourth-order valence-corrected chi connectivity index (χ4v) is 1.60. The number of alkyl halides is 2. The molecule has 1 rings (SSSR count). The standard InChI is InChI=1S/C13H16F2N2O4/c1-2-17(8-7-11(18)19)13(20)16-9-5-3-4-6-10(9)21-12(14)15/h3-6,12H,2,7-8H2,1H3,(H,16,20)(H,18,19). The van der Waals surface area contributed by atoms with Crippen molar-refractivity contribution >= 4 is 17.7 Å². The van der Waals surface area contributed by atoms with Crippen LogP contribution >= 0.6 is 0 Å². The molecular formula is C13H16F2N2O4. The van der Waals surface area contributed by atoms with Crippen LogP contribution in [0.15, 0.2) is 24.3 Å². The van der Waals surface area contributed by atoms with Gasteiger partial charge in [0.1, 0.15) is 5.75 Å². The highest BCUT2D eigenvalue weighted by atomic mass is 19.3. The summed E-state index contributed by atoms with van der Waals surface area (Å²) in [5, 5.41) is 11.0. The molecule has 0 spiro atoms. The predicted octanol–water partition coefficient (Wildman–Crippen LogP) is 2.62. The maximum Gasteiger partial charge on any atom is 0.387 e. The summed E-state index contributed by atoms with van der Waals surface area (Å²) >= 11 is 0. The Labute approximate surface area is 120 Å². The summed E-state index contributed by atoms with van der Waals surface area (Å²) < 4.78 is 28.8. The normalized spacial score (nSPS) is 10.3. The Morgan fingerprint density at radius 2 is 2.05 bits per heavy atom. The number of amides is 2. The average molecular weight is 302 g/mol. The highest BCUT2D eigenvalue weighted by Crippen LogP contribution is 2.25. The maximum absolute atomic E-state index is 12.3. The summed E-state index contributed by atoms with van der Waals surface area (Å²) in [4.78, 5) is 23.7. The Balaban J connectivity index is 2.74. The van der Waals surface area contributed by atoms with Gasteiger partial charge in [-0.15, -0.1) is 0 Å². The smallest absolute Gasteiger partial charge is 0.387 e. The van der Waals surface area contributed by atoms with E-state index in [9.17, 15) is 18.4 Å². The maximum atomic E-state index is 12.3. The zero-order valence-electron chi connectivity index (χ0n) is 11.4. The van der Waals surface area contributed by atoms with Gasteiger partial charge in [0.05, 0.1) is 12.1 Å². The summed E-state index contributed by atoms with van der Waals surface area (Å²) in [7, 11) is 0. The first-order valence-electron chi connectivity index (χ1n) is 6.25. The minimum atomic E-state index is -3.00. The van der Waals surface area contributed by atoms with Crippen molar-refractivity contribution in [2.45, 2.75) is 20.0 Å². The van der Waals surface area contributed by atoms with Gasteiger partial charge >= 0.3 is 18.6 Å². The number of halogens is 2. The number of rotatable bonds is 7. The van der Waals surface area contributed by atoms with E-state index in [0.29, 0.717) is 0 Å². The Kier molecular flexibility index (Phi) is 6.38. The van der Waals surface area contributed by atoms with Crippen LogP contribution in [0.25, 0.3) is 0 Å². The van der Waals surface area contributed by atoms with Crippen LogP contribution in [0.5, 0.6) is 5.75 Å². The van der Waals surface area contributed by atoms with E-state index in [-0.39, 0.29) is 30.9 Å². The van der Waals surface area contributed by atoms with Crippen LogP contribution in [0.4, 0.5) is 19.3 Å². The van der Waals surface area contributed by atoms with E-state index in [0.717, 1.165) is 0 Å². The van der Waals surface area contributed by atoms with Gasteiger partial charge in [0, 0.05) is 13.1 Å². The van der Waals surface area contributed by atoms with Crippen molar-refractivity contribution in [3.8, 4) is 5.75 Å². The molecule has 21 heavy (non-hydrogen) atoms. The molecule has 6 nitrogen and oxygen atoms in total. The number of carbonyl (C=O) groups is 2. The molecule has 0 aliphatic carbocycles. The number of anilines is 1. The van der Waals surface area contributed by atoms with Gasteiger partial charge in [-0.2, -0.15) is 8.78 Å². The van der Waals surface area contributed by atoms with Crippen molar-refractivity contribution in [1.82, 2.24) is 4.90 Å². The van der Waals surface area contributed by atoms with Crippen molar-refractivity contribution in [3.63, 3.8) is 0 Å². The molecule has 1 aromatic rings. The van der Waals surface area contributed by atoms with Gasteiger partial charge < -0.3 is 20.1 Å². The number of carboxylic acid groups (broad SMARTS) is 1. The highest BCUT2D eigenvalue weighted by Gasteiger charge is 2.16. The number of nitrogens with one attached hydrogen (secondary N) is 1. The van der Waals surface area contributed by atoms with Crippen LogP contribution in [0.1, 0.15) is 13.3 Å². The second kappa shape index (κ2) is 8.03. The molecule has 0 atom stereocenters. The molecule has 2 N–H and O–H groups in total. The van der Waals surface area contributed by atoms with Crippen molar-refractivity contribution in [2.75, 3.05) is 18.4 Å². The monoisotopic (exact) mass is 302 g/mol. The summed E-state index contributed by atoms with van der Waals surface area (Å²) in [6.07, 6.45) is -0.198. The van der Waals surface area contributed by atoms with Crippen LogP contribution in [0, 0.1) is 0 Å². The second-order valence-electron chi connectivity index (χ2n) is 4.03. The lowest BCUT2D eigenvalue weighted by Crippen LogP contribution is -2.36. The number of nitrogens with zero attached hydrogens (tertiary/aromatic N) is 1. The minimum Gasteiger partial charge on any atom is -0.481 e. The Bertz CT molecular complexity index is 497. The number of carbonyl (C=O) groups excluding carboxylic acids is 1. The minimum absolute atomic E-state index is 0.0234. The molecule has 0 heterocycles. The number of para-hydroxylation sites is 2. The van der Waals surface area contributed by atoms with Crippen molar-refractivity contribution in [1.29, 1.82) is 0 Å². The summed E-state index contributed by atoms with van der Waals surface area (Å²) in [5.41, 5.74) is 0.0941. The SMILES string of the molecule is CCN(CCC(=O)O)C(=O)Nc1ccccc1OC(F)F. The van der Waals surface area contributed by atoms with Crippen LogP contribution < -0.4 is 10.1 Å². The molecule has 0 fully saturated rings. The molecule has 0 aromatic heterocycles. The van der Waals surface area contributed by atoms with Gasteiger partial charge in [-0.3, -0.25) is 4.79 Å². The Morgan fingerprint density at radius 1 is 1.38 bits per heavy atom. The number of carboxylic acids is 1. The second-order valence-corrected chi connectivity index (χ2v) is 4.03. The molecule has 1 aromatic carbocycles. The molecule has 2 amide bonds. The van der Waals surface area contributed by atoms with Crippen molar-refractivity contribution < 1.29 is 28.2 Å². The van der Waals surface area contributed by atoms with E-state index in [2.05, 4.69) is 10.1 Å². The zero-order valence-corrected chi connectivity index (χ0v) is 11.4. The lowest BCUT2D eigenvalue weighted by Gasteiger charge is -2.21. The van der Waals surface area contributed by atoms with Gasteiger partial charge in [0.15, 0.2) is 0 Å². The van der Waals surface area contributed by atoms with E-state index in [1.807, 2.05) is 0 Å². The Hall–Kier alpha value is -2.38. The molecule has 116 valence electrons. The Morgan fingerprint density at radius 3 is 2.62 bits per heavy atom. The van der Waals surface area contributed by atoms with E-state index < -0.39 is 18.6 Å². The largest absolute Gasteiger partial charge is 0.481 e. The third-order valence-electron chi connectivity index (χ3n) is 2.61. The number of urea groups is 1. The number of hydrogen-bond donors (Lipinski definition) is 2. The number of benzene rings is 1. The van der Waals surface area contributed by atoms with E-state index in [4.69, 9.17) is 5.11 Å². The lowest BCUT2D eigenvalue weighted by atomic mass is 10.3. The first kappa shape index (κ1) is 16.7. The first-order chi connectivity index (χ1) is 9.93. The van der Waals surface area contributed by atoms with Gasteiger partial charge in [-0.05, 0) is 19.1 Å². The van der Waals surface area contributed by atoms with Crippen molar-refractivity contribution in [3.05, 3.63) is 24.3 Å². The van der Waals surface area contributed by atoms with Crippen LogP contribution in [0.2, 0.25) is 0 Å². The summed E-state index contributed by atoms with van der Waals surface area (Å²) in [6, 6.07) is 5.19. The molecule has 0 aliphatic heterocycles. The predicted molar refractivity (Wildman–Crippen MR) is 71.6 cm³/mol. The zero-order chi connectivity index (χ0) is 15.8. The van der Waals surface area contributed by atoms with E-state index in [1.165, 1.54) is 23.1 Å². The molecule has 8 heteroatoms. The van der Waals surface area contributed by atoms with Crippen LogP contribution in [-0.4, -0.2) is 41.7 Å². The lowest BCUT2D eigenvalue weighted by molar-refractivity contribution is -0.137. The molecule has 0 radical (unpaired) electrons. The molecular weight excluding hydrogens is 286 g/mol. The fraction of sp³-hybridized carbons (Fsp3) is 0.385. The van der Waals surface area contributed by atoms with Gasteiger partial charge in [0.2, 0.25) is 0 Å². The molecule has 0 bridgehead atoms. The van der Waals surface area contributed by atoms with E-state index >= 15 is 0 Å². The van der Waals surface area contributed by atoms with Gasteiger partial charge in [-0.1, -0.05) is 12.1 Å².